The minimum absolute atomic E-state index is 0.156. The molecule has 1 aromatic carbocycles. The molecule has 2 heterocycles. The summed E-state index contributed by atoms with van der Waals surface area (Å²) in [5.74, 6) is -1.41. The molecule has 0 aliphatic rings. The highest BCUT2D eigenvalue weighted by Crippen LogP contribution is 2.18. The summed E-state index contributed by atoms with van der Waals surface area (Å²) in [4.78, 5) is 24.7. The Morgan fingerprint density at radius 1 is 1.19 bits per heavy atom. The summed E-state index contributed by atoms with van der Waals surface area (Å²) in [6, 6.07) is 5.88. The van der Waals surface area contributed by atoms with Gasteiger partial charge < -0.3 is 9.84 Å². The van der Waals surface area contributed by atoms with Crippen LogP contribution in [0.5, 0.6) is 0 Å². The Morgan fingerprint density at radius 2 is 1.97 bits per heavy atom. The predicted octanol–water partition coefficient (Wildman–Crippen LogP) is 3.32. The largest absolute Gasteiger partial charge is 0.361 e. The highest BCUT2D eigenvalue weighted by Gasteiger charge is 2.16. The molecule has 0 radical (unpaired) electrons. The SMILES string of the molecule is CC[C@@H](Cn1nc(-c2ccc(F)c(F)c2)ccc1=O)NC(=O)CCc1c(C)noc1C. The van der Waals surface area contributed by atoms with E-state index in [1.807, 2.05) is 13.8 Å². The monoisotopic (exact) mass is 430 g/mol. The van der Waals surface area contributed by atoms with E-state index in [0.29, 0.717) is 29.9 Å². The van der Waals surface area contributed by atoms with Gasteiger partial charge in [-0.2, -0.15) is 5.10 Å². The zero-order valence-corrected chi connectivity index (χ0v) is 17.6. The second kappa shape index (κ2) is 9.63. The maximum Gasteiger partial charge on any atom is 0.266 e. The first-order valence-corrected chi connectivity index (χ1v) is 10.0. The second-order valence-corrected chi connectivity index (χ2v) is 7.34. The van der Waals surface area contributed by atoms with Crippen LogP contribution in [0.15, 0.2) is 39.6 Å². The van der Waals surface area contributed by atoms with Crippen LogP contribution in [-0.4, -0.2) is 26.9 Å². The van der Waals surface area contributed by atoms with Gasteiger partial charge in [-0.3, -0.25) is 9.59 Å². The van der Waals surface area contributed by atoms with E-state index in [4.69, 9.17) is 4.52 Å². The van der Waals surface area contributed by atoms with Gasteiger partial charge in [-0.1, -0.05) is 12.1 Å². The molecule has 164 valence electrons. The molecule has 0 unspecified atom stereocenters. The minimum atomic E-state index is -0.992. The van der Waals surface area contributed by atoms with E-state index in [1.54, 1.807) is 6.92 Å². The molecular formula is C22H24F2N4O3. The van der Waals surface area contributed by atoms with Crippen LogP contribution in [0, 0.1) is 25.5 Å². The van der Waals surface area contributed by atoms with Crippen molar-refractivity contribution in [1.29, 1.82) is 0 Å². The summed E-state index contributed by atoms with van der Waals surface area (Å²) >= 11 is 0. The molecule has 0 fully saturated rings. The lowest BCUT2D eigenvalue weighted by molar-refractivity contribution is -0.121. The fraction of sp³-hybridized carbons (Fsp3) is 0.364. The Bertz CT molecular complexity index is 1120. The standard InChI is InChI=1S/C22H24F2N4O3/c1-4-16(25-21(29)9-6-17-13(2)27-31-14(17)3)12-28-22(30)10-8-20(26-28)15-5-7-18(23)19(24)11-15/h5,7-8,10-11,16H,4,6,9,12H2,1-3H3,(H,25,29)/t16-/m0/s1. The number of benzene rings is 1. The highest BCUT2D eigenvalue weighted by molar-refractivity contribution is 5.76. The lowest BCUT2D eigenvalue weighted by Gasteiger charge is -2.18. The van der Waals surface area contributed by atoms with E-state index in [1.165, 1.54) is 22.9 Å². The molecule has 3 rings (SSSR count). The summed E-state index contributed by atoms with van der Waals surface area (Å²) in [7, 11) is 0. The normalized spacial score (nSPS) is 12.0. The van der Waals surface area contributed by atoms with Gasteiger partial charge >= 0.3 is 0 Å². The van der Waals surface area contributed by atoms with Crippen LogP contribution in [-0.2, 0) is 17.8 Å². The lowest BCUT2D eigenvalue weighted by atomic mass is 10.1. The maximum absolute atomic E-state index is 13.5. The van der Waals surface area contributed by atoms with Crippen molar-refractivity contribution >= 4 is 5.91 Å². The van der Waals surface area contributed by atoms with Crippen molar-refractivity contribution < 1.29 is 18.1 Å². The summed E-state index contributed by atoms with van der Waals surface area (Å²) in [6.45, 7) is 5.68. The van der Waals surface area contributed by atoms with Crippen LogP contribution in [0.4, 0.5) is 8.78 Å². The third kappa shape index (κ3) is 5.42. The van der Waals surface area contributed by atoms with Gasteiger partial charge in [0, 0.05) is 29.7 Å². The summed E-state index contributed by atoms with van der Waals surface area (Å²) in [5, 5.41) is 11.1. The molecular weight excluding hydrogens is 406 g/mol. The number of nitrogens with zero attached hydrogens (tertiary/aromatic N) is 3. The molecule has 0 aliphatic heterocycles. The molecule has 0 aliphatic carbocycles. The van der Waals surface area contributed by atoms with Gasteiger partial charge in [0.25, 0.3) is 5.56 Å². The fourth-order valence-corrected chi connectivity index (χ4v) is 3.27. The van der Waals surface area contributed by atoms with Crippen LogP contribution in [0.3, 0.4) is 0 Å². The highest BCUT2D eigenvalue weighted by atomic mass is 19.2. The van der Waals surface area contributed by atoms with E-state index in [9.17, 15) is 18.4 Å². The van der Waals surface area contributed by atoms with E-state index in [0.717, 1.165) is 23.4 Å². The number of rotatable bonds is 8. The number of nitrogens with one attached hydrogen (secondary N) is 1. The number of amides is 1. The first-order chi connectivity index (χ1) is 14.8. The number of carbonyl (C=O) groups is 1. The fourth-order valence-electron chi connectivity index (χ4n) is 3.27. The van der Waals surface area contributed by atoms with Crippen LogP contribution in [0.25, 0.3) is 11.3 Å². The Labute approximate surface area is 178 Å². The van der Waals surface area contributed by atoms with Gasteiger partial charge in [-0.05, 0) is 51.0 Å². The number of aryl methyl sites for hydroxylation is 2. The zero-order chi connectivity index (χ0) is 22.5. The van der Waals surface area contributed by atoms with E-state index < -0.39 is 11.6 Å². The van der Waals surface area contributed by atoms with Crippen molar-refractivity contribution in [2.24, 2.45) is 0 Å². The summed E-state index contributed by atoms with van der Waals surface area (Å²) in [5.41, 5.74) is 2.01. The van der Waals surface area contributed by atoms with Crippen LogP contribution in [0.1, 0.15) is 36.8 Å². The second-order valence-electron chi connectivity index (χ2n) is 7.34. The summed E-state index contributed by atoms with van der Waals surface area (Å²) in [6.07, 6.45) is 1.35. The van der Waals surface area contributed by atoms with Crippen molar-refractivity contribution in [2.75, 3.05) is 0 Å². The lowest BCUT2D eigenvalue weighted by Crippen LogP contribution is -2.40. The molecule has 0 saturated carbocycles. The van der Waals surface area contributed by atoms with Gasteiger partial charge in [0.05, 0.1) is 17.9 Å². The molecule has 0 bridgehead atoms. The van der Waals surface area contributed by atoms with E-state index in [2.05, 4.69) is 15.6 Å². The Balaban J connectivity index is 1.68. The Kier molecular flexibility index (Phi) is 6.94. The third-order valence-electron chi connectivity index (χ3n) is 5.12. The predicted molar refractivity (Wildman–Crippen MR) is 110 cm³/mol. The first-order valence-electron chi connectivity index (χ1n) is 10.0. The molecule has 9 heteroatoms. The molecule has 0 saturated heterocycles. The molecule has 1 N–H and O–H groups in total. The molecule has 31 heavy (non-hydrogen) atoms. The molecule has 2 aromatic heterocycles. The van der Waals surface area contributed by atoms with Crippen molar-refractivity contribution in [1.82, 2.24) is 20.3 Å². The Hall–Kier alpha value is -3.36. The van der Waals surface area contributed by atoms with Crippen LogP contribution < -0.4 is 10.9 Å². The molecule has 3 aromatic rings. The topological polar surface area (TPSA) is 90.0 Å². The molecule has 7 nitrogen and oxygen atoms in total. The quantitative estimate of drug-likeness (QED) is 0.592. The average molecular weight is 430 g/mol. The third-order valence-corrected chi connectivity index (χ3v) is 5.12. The van der Waals surface area contributed by atoms with Crippen LogP contribution >= 0.6 is 0 Å². The van der Waals surface area contributed by atoms with E-state index >= 15 is 0 Å². The van der Waals surface area contributed by atoms with Gasteiger partial charge in [0.1, 0.15) is 5.76 Å². The Morgan fingerprint density at radius 3 is 2.61 bits per heavy atom. The van der Waals surface area contributed by atoms with E-state index in [-0.39, 0.29) is 30.5 Å². The number of halogens is 2. The van der Waals surface area contributed by atoms with Crippen molar-refractivity contribution in [3.05, 3.63) is 69.3 Å². The van der Waals surface area contributed by atoms with Crippen molar-refractivity contribution in [2.45, 2.75) is 52.6 Å². The number of hydrogen-bond acceptors (Lipinski definition) is 5. The van der Waals surface area contributed by atoms with Crippen LogP contribution in [0.2, 0.25) is 0 Å². The van der Waals surface area contributed by atoms with Crippen molar-refractivity contribution in [3.8, 4) is 11.3 Å². The molecule has 1 amide bonds. The first kappa shape index (κ1) is 22.3. The van der Waals surface area contributed by atoms with Gasteiger partial charge in [-0.25, -0.2) is 13.5 Å². The number of carbonyl (C=O) groups excluding carboxylic acids is 1. The zero-order valence-electron chi connectivity index (χ0n) is 17.6. The molecule has 0 spiro atoms. The number of aromatic nitrogens is 3. The molecule has 1 atom stereocenters. The van der Waals surface area contributed by atoms with Gasteiger partial charge in [0.2, 0.25) is 5.91 Å². The average Bonchev–Trinajstić information content (AvgIpc) is 3.07. The number of hydrogen-bond donors (Lipinski definition) is 1. The maximum atomic E-state index is 13.5. The summed E-state index contributed by atoms with van der Waals surface area (Å²) < 4.78 is 33.1. The minimum Gasteiger partial charge on any atom is -0.361 e. The van der Waals surface area contributed by atoms with Gasteiger partial charge in [-0.15, -0.1) is 0 Å². The van der Waals surface area contributed by atoms with Crippen molar-refractivity contribution in [3.63, 3.8) is 0 Å². The van der Waals surface area contributed by atoms with Gasteiger partial charge in [0.15, 0.2) is 11.6 Å². The smallest absolute Gasteiger partial charge is 0.266 e.